The fraction of sp³-hybridized carbons (Fsp3) is 0.391. The van der Waals surface area contributed by atoms with Crippen LogP contribution in [0, 0.1) is 4.77 Å². The molecule has 0 saturated carbocycles. The smallest absolute Gasteiger partial charge is 0.279 e. The van der Waals surface area contributed by atoms with Crippen molar-refractivity contribution in [1.29, 1.82) is 0 Å². The lowest BCUT2D eigenvalue weighted by atomic mass is 10.1. The number of hydrazine groups is 1. The van der Waals surface area contributed by atoms with Crippen molar-refractivity contribution in [1.82, 2.24) is 25.6 Å². The van der Waals surface area contributed by atoms with Gasteiger partial charge < -0.3 is 4.74 Å². The van der Waals surface area contributed by atoms with E-state index in [2.05, 4.69) is 21.0 Å². The van der Waals surface area contributed by atoms with E-state index in [4.69, 9.17) is 17.0 Å². The fourth-order valence-corrected chi connectivity index (χ4v) is 5.23. The minimum atomic E-state index is -0.304. The van der Waals surface area contributed by atoms with Gasteiger partial charge in [-0.3, -0.25) is 30.1 Å². The number of aryl methyl sites for hydroxylation is 2. The van der Waals surface area contributed by atoms with E-state index < -0.39 is 0 Å². The maximum atomic E-state index is 12.5. The van der Waals surface area contributed by atoms with E-state index in [1.807, 2.05) is 37.3 Å². The van der Waals surface area contributed by atoms with Gasteiger partial charge in [-0.25, -0.2) is 0 Å². The molecule has 2 heterocycles. The van der Waals surface area contributed by atoms with Crippen molar-refractivity contribution in [3.63, 3.8) is 0 Å². The molecule has 4 rings (SSSR count). The van der Waals surface area contributed by atoms with E-state index in [1.54, 1.807) is 4.57 Å². The molecule has 1 aliphatic carbocycles. The van der Waals surface area contributed by atoms with Gasteiger partial charge in [-0.1, -0.05) is 6.42 Å². The molecule has 3 aromatic rings. The predicted molar refractivity (Wildman–Crippen MR) is 130 cm³/mol. The van der Waals surface area contributed by atoms with Gasteiger partial charge in [0, 0.05) is 23.4 Å². The maximum absolute atomic E-state index is 12.5. The average Bonchev–Trinajstić information content (AvgIpc) is 3.32. The van der Waals surface area contributed by atoms with Crippen LogP contribution in [0.1, 0.15) is 52.7 Å². The molecule has 2 amide bonds. The number of rotatable bonds is 7. The van der Waals surface area contributed by atoms with Gasteiger partial charge in [0.05, 0.1) is 11.5 Å². The zero-order valence-corrected chi connectivity index (χ0v) is 20.1. The summed E-state index contributed by atoms with van der Waals surface area (Å²) in [5.74, 6) is 0.831. The molecule has 0 bridgehead atoms. The van der Waals surface area contributed by atoms with Gasteiger partial charge in [0.1, 0.15) is 5.75 Å². The molecule has 1 aromatic carbocycles. The number of ether oxygens (including phenoxy) is 1. The third-order valence-electron chi connectivity index (χ3n) is 5.53. The van der Waals surface area contributed by atoms with Gasteiger partial charge in [-0.05, 0) is 80.7 Å². The van der Waals surface area contributed by atoms with Crippen molar-refractivity contribution in [3.05, 3.63) is 50.4 Å². The summed E-state index contributed by atoms with van der Waals surface area (Å²) in [5.41, 5.74) is 7.17. The number of nitrogens with one attached hydrogen (secondary N) is 3. The molecule has 0 saturated heterocycles. The molecule has 2 aromatic heterocycles. The summed E-state index contributed by atoms with van der Waals surface area (Å²) in [4.78, 5) is 26.8. The Morgan fingerprint density at radius 2 is 1.97 bits per heavy atom. The maximum Gasteiger partial charge on any atom is 0.279 e. The van der Waals surface area contributed by atoms with Crippen molar-refractivity contribution in [3.8, 4) is 17.1 Å². The van der Waals surface area contributed by atoms with Gasteiger partial charge in [-0.2, -0.15) is 5.10 Å². The number of carbonyl (C=O) groups excluding carboxylic acids is 2. The first kappa shape index (κ1) is 23.2. The first-order valence-electron chi connectivity index (χ1n) is 11.1. The van der Waals surface area contributed by atoms with Crippen LogP contribution in [0.15, 0.2) is 30.3 Å². The molecule has 174 valence electrons. The fourth-order valence-electron chi connectivity index (χ4n) is 3.86. The van der Waals surface area contributed by atoms with Crippen molar-refractivity contribution in [2.75, 3.05) is 6.61 Å². The molecular formula is C23H27N5O3S2. The van der Waals surface area contributed by atoms with Crippen LogP contribution in [0.3, 0.4) is 0 Å². The van der Waals surface area contributed by atoms with Gasteiger partial charge in [0.15, 0.2) is 10.6 Å². The van der Waals surface area contributed by atoms with Gasteiger partial charge in [-0.15, -0.1) is 11.3 Å². The lowest BCUT2D eigenvalue weighted by Gasteiger charge is -2.09. The molecule has 1 aliphatic rings. The highest BCUT2D eigenvalue weighted by Gasteiger charge is 2.17. The first-order valence-corrected chi connectivity index (χ1v) is 12.4. The quantitative estimate of drug-likeness (QED) is 0.265. The largest absolute Gasteiger partial charge is 0.494 e. The summed E-state index contributed by atoms with van der Waals surface area (Å²) < 4.78 is 7.67. The average molecular weight is 486 g/mol. The molecule has 10 heteroatoms. The van der Waals surface area contributed by atoms with E-state index in [0.29, 0.717) is 28.6 Å². The summed E-state index contributed by atoms with van der Waals surface area (Å²) in [6.07, 6.45) is 5.76. The van der Waals surface area contributed by atoms with Crippen LogP contribution < -0.4 is 15.6 Å². The van der Waals surface area contributed by atoms with E-state index >= 15 is 0 Å². The van der Waals surface area contributed by atoms with Gasteiger partial charge >= 0.3 is 0 Å². The Balaban J connectivity index is 1.32. The molecule has 33 heavy (non-hydrogen) atoms. The van der Waals surface area contributed by atoms with Crippen molar-refractivity contribution in [2.24, 2.45) is 0 Å². The number of nitrogens with zero attached hydrogens (tertiary/aromatic N) is 2. The second-order valence-corrected chi connectivity index (χ2v) is 9.36. The number of hydrogen-bond donors (Lipinski definition) is 3. The second kappa shape index (κ2) is 10.8. The number of carbonyl (C=O) groups is 2. The standard InChI is InChI=1S/C23H27N5O3S2/c1-2-31-17-10-8-15(9-11-17)21-25-27-23(32)28(21)13-12-20(29)24-26-22(30)19-14-16-6-4-3-5-7-18(16)33-19/h8-11,14H,2-7,12-13H2,1H3,(H,24,29)(H,26,30)(H,27,32). The number of aromatic amines is 1. The highest BCUT2D eigenvalue weighted by Crippen LogP contribution is 2.28. The van der Waals surface area contributed by atoms with Crippen molar-refractivity contribution < 1.29 is 14.3 Å². The van der Waals surface area contributed by atoms with Crippen molar-refractivity contribution >= 4 is 35.4 Å². The molecule has 0 fully saturated rings. The van der Waals surface area contributed by atoms with Crippen LogP contribution in [-0.2, 0) is 24.2 Å². The number of fused-ring (bicyclic) bond motifs is 1. The summed E-state index contributed by atoms with van der Waals surface area (Å²) in [7, 11) is 0. The Morgan fingerprint density at radius 1 is 1.18 bits per heavy atom. The Kier molecular flexibility index (Phi) is 7.56. The Labute approximate surface area is 201 Å². The lowest BCUT2D eigenvalue weighted by molar-refractivity contribution is -0.122. The van der Waals surface area contributed by atoms with Crippen LogP contribution in [0.5, 0.6) is 5.75 Å². The first-order chi connectivity index (χ1) is 16.0. The molecule has 3 N–H and O–H groups in total. The lowest BCUT2D eigenvalue weighted by Crippen LogP contribution is -2.41. The minimum absolute atomic E-state index is 0.138. The number of aromatic nitrogens is 3. The number of benzene rings is 1. The minimum Gasteiger partial charge on any atom is -0.494 e. The summed E-state index contributed by atoms with van der Waals surface area (Å²) in [6.45, 7) is 2.85. The van der Waals surface area contributed by atoms with E-state index in [-0.39, 0.29) is 18.2 Å². The molecule has 0 aliphatic heterocycles. The summed E-state index contributed by atoms with van der Waals surface area (Å²) in [5, 5.41) is 7.08. The molecular weight excluding hydrogens is 458 g/mol. The zero-order chi connectivity index (χ0) is 23.2. The molecule has 0 unspecified atom stereocenters. The predicted octanol–water partition coefficient (Wildman–Crippen LogP) is 4.19. The third kappa shape index (κ3) is 5.69. The Morgan fingerprint density at radius 3 is 2.76 bits per heavy atom. The van der Waals surface area contributed by atoms with Crippen LogP contribution in [-0.4, -0.2) is 33.2 Å². The van der Waals surface area contributed by atoms with Crippen LogP contribution in [0.4, 0.5) is 0 Å². The second-order valence-electron chi connectivity index (χ2n) is 7.83. The van der Waals surface area contributed by atoms with Crippen LogP contribution in [0.2, 0.25) is 0 Å². The number of H-pyrrole nitrogens is 1. The van der Waals surface area contributed by atoms with E-state index in [1.165, 1.54) is 34.6 Å². The summed E-state index contributed by atoms with van der Waals surface area (Å²) >= 11 is 6.86. The molecule has 0 radical (unpaired) electrons. The van der Waals surface area contributed by atoms with Crippen LogP contribution >= 0.6 is 23.6 Å². The SMILES string of the molecule is CCOc1ccc(-c2n[nH]c(=S)n2CCC(=O)NNC(=O)c2cc3c(s2)CCCCC3)cc1. The number of hydrogen-bond acceptors (Lipinski definition) is 6. The monoisotopic (exact) mass is 485 g/mol. The van der Waals surface area contributed by atoms with Crippen molar-refractivity contribution in [2.45, 2.75) is 52.0 Å². The van der Waals surface area contributed by atoms with Gasteiger partial charge in [0.25, 0.3) is 5.91 Å². The Bertz CT molecular complexity index is 1160. The topological polar surface area (TPSA) is 101 Å². The van der Waals surface area contributed by atoms with Gasteiger partial charge in [0.2, 0.25) is 5.91 Å². The van der Waals surface area contributed by atoms with E-state index in [0.717, 1.165) is 30.6 Å². The molecule has 0 atom stereocenters. The summed E-state index contributed by atoms with van der Waals surface area (Å²) in [6, 6.07) is 9.49. The highest BCUT2D eigenvalue weighted by atomic mass is 32.1. The number of amides is 2. The molecule has 8 nitrogen and oxygen atoms in total. The zero-order valence-electron chi connectivity index (χ0n) is 18.5. The number of thiophene rings is 1. The van der Waals surface area contributed by atoms with E-state index in [9.17, 15) is 9.59 Å². The molecule has 0 spiro atoms. The Hall–Kier alpha value is -2.98. The third-order valence-corrected chi connectivity index (χ3v) is 7.08. The highest BCUT2D eigenvalue weighted by molar-refractivity contribution is 7.71. The normalized spacial score (nSPS) is 13.1. The van der Waals surface area contributed by atoms with Crippen LogP contribution in [0.25, 0.3) is 11.4 Å².